The summed E-state index contributed by atoms with van der Waals surface area (Å²) in [4.78, 5) is 22.0. The van der Waals surface area contributed by atoms with Crippen LogP contribution < -0.4 is 5.32 Å². The predicted octanol–water partition coefficient (Wildman–Crippen LogP) is 3.51. The van der Waals surface area contributed by atoms with Gasteiger partial charge in [0.05, 0.1) is 23.5 Å². The van der Waals surface area contributed by atoms with Crippen molar-refractivity contribution < 1.29 is 9.18 Å². The Kier molecular flexibility index (Phi) is 5.78. The first-order valence-corrected chi connectivity index (χ1v) is 11.4. The van der Waals surface area contributed by atoms with Crippen molar-refractivity contribution in [1.29, 1.82) is 0 Å². The van der Waals surface area contributed by atoms with Crippen LogP contribution in [0.4, 0.5) is 10.2 Å². The number of aromatic amines is 1. The number of likely N-dealkylation sites (tertiary alicyclic amines) is 2. The van der Waals surface area contributed by atoms with Gasteiger partial charge in [-0.2, -0.15) is 5.10 Å². The topological polar surface area (TPSA) is 77.2 Å². The van der Waals surface area contributed by atoms with Crippen LogP contribution in [0.3, 0.4) is 0 Å². The van der Waals surface area contributed by atoms with E-state index in [0.29, 0.717) is 6.04 Å². The van der Waals surface area contributed by atoms with Crippen LogP contribution in [-0.2, 0) is 11.2 Å². The van der Waals surface area contributed by atoms with Crippen molar-refractivity contribution in [1.82, 2.24) is 25.0 Å². The van der Waals surface area contributed by atoms with Gasteiger partial charge in [0.2, 0.25) is 5.91 Å². The number of carbonyl (C=O) groups is 1. The number of pyridine rings is 1. The number of nitrogens with zero attached hydrogens (tertiary/aromatic N) is 4. The first kappa shape index (κ1) is 20.9. The summed E-state index contributed by atoms with van der Waals surface area (Å²) in [5, 5.41) is 12.1. The number of carbonyl (C=O) groups excluding carboxylic acids is 1. The zero-order valence-electron chi connectivity index (χ0n) is 18.4. The highest BCUT2D eigenvalue weighted by Crippen LogP contribution is 2.33. The smallest absolute Gasteiger partial charge is 0.227 e. The van der Waals surface area contributed by atoms with Gasteiger partial charge < -0.3 is 15.1 Å². The lowest BCUT2D eigenvalue weighted by atomic mass is 10.1. The lowest BCUT2D eigenvalue weighted by Gasteiger charge is -2.29. The van der Waals surface area contributed by atoms with Gasteiger partial charge in [-0.05, 0) is 75.6 Å². The molecule has 1 aromatic carbocycles. The van der Waals surface area contributed by atoms with Gasteiger partial charge in [-0.1, -0.05) is 12.1 Å². The molecule has 4 heterocycles. The summed E-state index contributed by atoms with van der Waals surface area (Å²) in [5.41, 5.74) is 2.45. The van der Waals surface area contributed by atoms with Gasteiger partial charge in [-0.15, -0.1) is 0 Å². The molecule has 2 aliphatic heterocycles. The normalized spacial score (nSPS) is 20.2. The standard InChI is InChI=1S/C24H29FN6O/c1-30-13-10-18(11-14-30)26-23-19-8-9-20(27-24(19)29-28-23)21-3-2-12-31(21)22(32)15-16-4-6-17(25)7-5-16/h4-9,18,21H,2-3,10-15H2,1H3,(H2,26,27,28,29)/t21-/m1/s1. The third-order valence-electron chi connectivity index (χ3n) is 6.69. The highest BCUT2D eigenvalue weighted by atomic mass is 19.1. The van der Waals surface area contributed by atoms with Crippen molar-refractivity contribution >= 4 is 22.8 Å². The summed E-state index contributed by atoms with van der Waals surface area (Å²) in [6.45, 7) is 2.90. The van der Waals surface area contributed by atoms with Crippen molar-refractivity contribution in [2.75, 3.05) is 32.0 Å². The zero-order valence-corrected chi connectivity index (χ0v) is 18.4. The van der Waals surface area contributed by atoms with E-state index in [-0.39, 0.29) is 24.2 Å². The van der Waals surface area contributed by atoms with Crippen LogP contribution in [0.1, 0.15) is 43.0 Å². The number of H-pyrrole nitrogens is 1. The molecule has 2 aliphatic rings. The van der Waals surface area contributed by atoms with Crippen LogP contribution in [0, 0.1) is 5.82 Å². The predicted molar refractivity (Wildman–Crippen MR) is 122 cm³/mol. The van der Waals surface area contributed by atoms with Crippen LogP contribution >= 0.6 is 0 Å². The Morgan fingerprint density at radius 3 is 2.69 bits per heavy atom. The number of rotatable bonds is 5. The van der Waals surface area contributed by atoms with E-state index in [1.165, 1.54) is 12.1 Å². The molecule has 2 fully saturated rings. The number of hydrogen-bond donors (Lipinski definition) is 2. The fraction of sp³-hybridized carbons (Fsp3) is 0.458. The molecule has 2 saturated heterocycles. The number of amides is 1. The lowest BCUT2D eigenvalue weighted by Crippen LogP contribution is -2.36. The quantitative estimate of drug-likeness (QED) is 0.640. The summed E-state index contributed by atoms with van der Waals surface area (Å²) >= 11 is 0. The first-order valence-electron chi connectivity index (χ1n) is 11.4. The van der Waals surface area contributed by atoms with Crippen LogP contribution in [0.15, 0.2) is 36.4 Å². The van der Waals surface area contributed by atoms with E-state index in [0.717, 1.165) is 73.4 Å². The molecule has 0 saturated carbocycles. The van der Waals surface area contributed by atoms with Crippen molar-refractivity contribution in [3.63, 3.8) is 0 Å². The Balaban J connectivity index is 1.30. The van der Waals surface area contributed by atoms with Crippen LogP contribution in [0.25, 0.3) is 11.0 Å². The van der Waals surface area contributed by atoms with E-state index >= 15 is 0 Å². The average Bonchev–Trinajstić information content (AvgIpc) is 3.44. The molecule has 8 heteroatoms. The van der Waals surface area contributed by atoms with Gasteiger partial charge in [-0.3, -0.25) is 9.89 Å². The third-order valence-corrected chi connectivity index (χ3v) is 6.69. The van der Waals surface area contributed by atoms with E-state index in [1.807, 2.05) is 11.0 Å². The number of hydrogen-bond acceptors (Lipinski definition) is 5. The van der Waals surface area contributed by atoms with Crippen molar-refractivity contribution in [3.8, 4) is 0 Å². The third kappa shape index (κ3) is 4.32. The molecule has 0 radical (unpaired) electrons. The minimum absolute atomic E-state index is 0.0408. The maximum Gasteiger partial charge on any atom is 0.227 e. The molecule has 2 N–H and O–H groups in total. The number of aromatic nitrogens is 3. The second kappa shape index (κ2) is 8.86. The highest BCUT2D eigenvalue weighted by Gasteiger charge is 2.31. The monoisotopic (exact) mass is 436 g/mol. The lowest BCUT2D eigenvalue weighted by molar-refractivity contribution is -0.131. The molecule has 5 rings (SSSR count). The van der Waals surface area contributed by atoms with Gasteiger partial charge in [0, 0.05) is 12.6 Å². The fourth-order valence-electron chi connectivity index (χ4n) is 4.81. The van der Waals surface area contributed by atoms with E-state index in [4.69, 9.17) is 4.98 Å². The summed E-state index contributed by atoms with van der Waals surface area (Å²) in [5.74, 6) is 0.612. The Morgan fingerprint density at radius 1 is 1.12 bits per heavy atom. The molecule has 168 valence electrons. The molecule has 2 aromatic heterocycles. The van der Waals surface area contributed by atoms with Crippen molar-refractivity contribution in [2.45, 2.75) is 44.2 Å². The van der Waals surface area contributed by atoms with E-state index in [9.17, 15) is 9.18 Å². The fourth-order valence-corrected chi connectivity index (χ4v) is 4.81. The first-order chi connectivity index (χ1) is 15.6. The number of halogens is 1. The minimum Gasteiger partial charge on any atom is -0.365 e. The van der Waals surface area contributed by atoms with E-state index in [1.54, 1.807) is 12.1 Å². The largest absolute Gasteiger partial charge is 0.365 e. The molecule has 32 heavy (non-hydrogen) atoms. The van der Waals surface area contributed by atoms with Crippen LogP contribution in [-0.4, -0.2) is 63.6 Å². The molecule has 0 aliphatic carbocycles. The second-order valence-corrected chi connectivity index (χ2v) is 8.97. The van der Waals surface area contributed by atoms with Crippen molar-refractivity contribution in [2.24, 2.45) is 0 Å². The van der Waals surface area contributed by atoms with E-state index in [2.05, 4.69) is 33.5 Å². The molecular formula is C24H29FN6O. The average molecular weight is 437 g/mol. The van der Waals surface area contributed by atoms with Gasteiger partial charge >= 0.3 is 0 Å². The Bertz CT molecular complexity index is 1090. The number of nitrogens with one attached hydrogen (secondary N) is 2. The maximum atomic E-state index is 13.2. The summed E-state index contributed by atoms with van der Waals surface area (Å²) < 4.78 is 13.2. The second-order valence-electron chi connectivity index (χ2n) is 8.97. The number of benzene rings is 1. The maximum absolute atomic E-state index is 13.2. The van der Waals surface area contributed by atoms with Crippen LogP contribution in [0.5, 0.6) is 0 Å². The van der Waals surface area contributed by atoms with Gasteiger partial charge in [0.1, 0.15) is 5.82 Å². The SMILES string of the molecule is CN1CCC(Nc2n[nH]c3nc([C@H]4CCCN4C(=O)Cc4ccc(F)cc4)ccc23)CC1. The highest BCUT2D eigenvalue weighted by molar-refractivity contribution is 5.87. The molecule has 0 bridgehead atoms. The van der Waals surface area contributed by atoms with Gasteiger partial charge in [0.25, 0.3) is 0 Å². The molecule has 1 amide bonds. The number of fused-ring (bicyclic) bond motifs is 1. The Labute approximate surface area is 187 Å². The number of anilines is 1. The van der Waals surface area contributed by atoms with Gasteiger partial charge in [0.15, 0.2) is 11.5 Å². The molecular weight excluding hydrogens is 407 g/mol. The van der Waals surface area contributed by atoms with Crippen molar-refractivity contribution in [3.05, 3.63) is 53.5 Å². The van der Waals surface area contributed by atoms with Crippen LogP contribution in [0.2, 0.25) is 0 Å². The molecule has 1 atom stereocenters. The Hall–Kier alpha value is -3.00. The molecule has 7 nitrogen and oxygen atoms in total. The Morgan fingerprint density at radius 2 is 1.91 bits per heavy atom. The summed E-state index contributed by atoms with van der Waals surface area (Å²) in [6, 6.07) is 10.6. The molecule has 3 aromatic rings. The molecule has 0 unspecified atom stereocenters. The molecule has 0 spiro atoms. The minimum atomic E-state index is -0.290. The van der Waals surface area contributed by atoms with Gasteiger partial charge in [-0.25, -0.2) is 9.37 Å². The number of piperidine rings is 1. The summed E-state index contributed by atoms with van der Waals surface area (Å²) in [7, 11) is 2.16. The summed E-state index contributed by atoms with van der Waals surface area (Å²) in [6.07, 6.45) is 4.31. The zero-order chi connectivity index (χ0) is 22.1. The van der Waals surface area contributed by atoms with E-state index < -0.39 is 0 Å².